The lowest BCUT2D eigenvalue weighted by molar-refractivity contribution is -0.149. The Balaban J connectivity index is 1.73. The third-order valence-electron chi connectivity index (χ3n) is 4.56. The maximum Gasteiger partial charge on any atom is 0.355 e. The van der Waals surface area contributed by atoms with Crippen molar-refractivity contribution >= 4 is 29.5 Å². The highest BCUT2D eigenvalue weighted by Gasteiger charge is 2.22. The zero-order chi connectivity index (χ0) is 22.9. The van der Waals surface area contributed by atoms with Gasteiger partial charge in [-0.2, -0.15) is 0 Å². The van der Waals surface area contributed by atoms with Crippen molar-refractivity contribution < 1.29 is 19.1 Å². The second-order valence-electron chi connectivity index (χ2n) is 7.10. The Hall–Kier alpha value is -4.19. The average molecular weight is 428 g/mol. The van der Waals surface area contributed by atoms with E-state index in [0.29, 0.717) is 11.3 Å². The lowest BCUT2D eigenvalue weighted by Gasteiger charge is -2.17. The summed E-state index contributed by atoms with van der Waals surface area (Å²) in [6.45, 7) is 2.77. The molecule has 32 heavy (non-hydrogen) atoms. The Bertz CT molecular complexity index is 1120. The quantitative estimate of drug-likeness (QED) is 0.432. The third-order valence-corrected chi connectivity index (χ3v) is 4.56. The van der Waals surface area contributed by atoms with Crippen LogP contribution in [0.4, 0.5) is 5.69 Å². The molecule has 0 spiro atoms. The van der Waals surface area contributed by atoms with Crippen molar-refractivity contribution in [2.75, 3.05) is 5.32 Å². The summed E-state index contributed by atoms with van der Waals surface area (Å²) in [6, 6.07) is 26.1. The predicted molar refractivity (Wildman–Crippen MR) is 124 cm³/mol. The van der Waals surface area contributed by atoms with Gasteiger partial charge in [-0.25, -0.2) is 4.79 Å². The Morgan fingerprint density at radius 1 is 0.844 bits per heavy atom. The van der Waals surface area contributed by atoms with Crippen LogP contribution < -0.4 is 10.6 Å². The molecule has 0 aromatic heterocycles. The smallest absolute Gasteiger partial charge is 0.355 e. The van der Waals surface area contributed by atoms with E-state index in [2.05, 4.69) is 10.6 Å². The van der Waals surface area contributed by atoms with Gasteiger partial charge in [0.25, 0.3) is 5.91 Å². The highest BCUT2D eigenvalue weighted by molar-refractivity contribution is 6.02. The molecule has 0 heterocycles. The molecule has 2 amide bonds. The molecule has 0 aliphatic rings. The van der Waals surface area contributed by atoms with Crippen LogP contribution in [0.3, 0.4) is 0 Å². The number of hydrogen-bond donors (Lipinski definition) is 2. The summed E-state index contributed by atoms with van der Waals surface area (Å²) < 4.78 is 5.33. The predicted octanol–water partition coefficient (Wildman–Crippen LogP) is 4.40. The van der Waals surface area contributed by atoms with E-state index < -0.39 is 23.9 Å². The number of anilines is 1. The van der Waals surface area contributed by atoms with Gasteiger partial charge in [0.2, 0.25) is 5.91 Å². The SMILES string of the molecule is CC(=O)N/C(=C\c1ccccc1)C(=O)O[C@H](C)C(=O)Nc1ccccc1-c1ccccc1. The van der Waals surface area contributed by atoms with E-state index >= 15 is 0 Å². The van der Waals surface area contributed by atoms with E-state index in [1.807, 2.05) is 66.7 Å². The van der Waals surface area contributed by atoms with Gasteiger partial charge >= 0.3 is 5.97 Å². The van der Waals surface area contributed by atoms with Crippen LogP contribution >= 0.6 is 0 Å². The molecule has 0 radical (unpaired) electrons. The summed E-state index contributed by atoms with van der Waals surface area (Å²) in [6.07, 6.45) is 0.415. The molecule has 0 fully saturated rings. The Morgan fingerprint density at radius 2 is 1.44 bits per heavy atom. The molecular weight excluding hydrogens is 404 g/mol. The summed E-state index contributed by atoms with van der Waals surface area (Å²) in [5.74, 6) is -1.70. The molecule has 0 aliphatic heterocycles. The number of amides is 2. The Morgan fingerprint density at radius 3 is 2.09 bits per heavy atom. The maximum absolute atomic E-state index is 12.7. The third kappa shape index (κ3) is 6.15. The second kappa shape index (κ2) is 10.7. The minimum Gasteiger partial charge on any atom is -0.448 e. The second-order valence-corrected chi connectivity index (χ2v) is 7.10. The lowest BCUT2D eigenvalue weighted by atomic mass is 10.0. The van der Waals surface area contributed by atoms with Crippen molar-refractivity contribution in [3.8, 4) is 11.1 Å². The minimum atomic E-state index is -1.08. The number of rotatable bonds is 7. The molecule has 3 aromatic rings. The molecule has 0 saturated carbocycles. The summed E-state index contributed by atoms with van der Waals surface area (Å²) in [5.41, 5.74) is 3.07. The first-order chi connectivity index (χ1) is 15.4. The maximum atomic E-state index is 12.7. The van der Waals surface area contributed by atoms with E-state index in [1.165, 1.54) is 19.9 Å². The molecule has 1 atom stereocenters. The van der Waals surface area contributed by atoms with E-state index in [0.717, 1.165) is 11.1 Å². The number of para-hydroxylation sites is 1. The average Bonchev–Trinajstić information content (AvgIpc) is 2.80. The van der Waals surface area contributed by atoms with Crippen molar-refractivity contribution in [2.24, 2.45) is 0 Å². The number of ether oxygens (including phenoxy) is 1. The van der Waals surface area contributed by atoms with Crippen molar-refractivity contribution in [1.82, 2.24) is 5.32 Å². The summed E-state index contributed by atoms with van der Waals surface area (Å²) in [5, 5.41) is 5.29. The Kier molecular flexibility index (Phi) is 7.54. The fraction of sp³-hybridized carbons (Fsp3) is 0.115. The lowest BCUT2D eigenvalue weighted by Crippen LogP contribution is -2.34. The van der Waals surface area contributed by atoms with Crippen molar-refractivity contribution in [3.63, 3.8) is 0 Å². The van der Waals surface area contributed by atoms with Crippen LogP contribution in [0.5, 0.6) is 0 Å². The first kappa shape index (κ1) is 22.5. The number of hydrogen-bond acceptors (Lipinski definition) is 4. The molecule has 6 heteroatoms. The van der Waals surface area contributed by atoms with E-state index in [4.69, 9.17) is 4.74 Å². The number of carbonyl (C=O) groups excluding carboxylic acids is 3. The zero-order valence-electron chi connectivity index (χ0n) is 17.9. The van der Waals surface area contributed by atoms with Gasteiger partial charge in [-0.05, 0) is 30.2 Å². The highest BCUT2D eigenvalue weighted by atomic mass is 16.5. The topological polar surface area (TPSA) is 84.5 Å². The van der Waals surface area contributed by atoms with E-state index in [1.54, 1.807) is 18.2 Å². The van der Waals surface area contributed by atoms with Gasteiger partial charge in [-0.1, -0.05) is 78.9 Å². The number of carbonyl (C=O) groups is 3. The summed E-state index contributed by atoms with van der Waals surface area (Å²) in [4.78, 5) is 36.9. The Labute approximate surface area is 186 Å². The molecule has 0 saturated heterocycles. The van der Waals surface area contributed by atoms with Gasteiger partial charge < -0.3 is 15.4 Å². The van der Waals surface area contributed by atoms with Crippen LogP contribution in [0.2, 0.25) is 0 Å². The van der Waals surface area contributed by atoms with Gasteiger partial charge in [0.1, 0.15) is 5.70 Å². The van der Waals surface area contributed by atoms with Crippen LogP contribution in [-0.4, -0.2) is 23.9 Å². The van der Waals surface area contributed by atoms with Crippen LogP contribution in [0.1, 0.15) is 19.4 Å². The molecule has 2 N–H and O–H groups in total. The standard InChI is InChI=1S/C26H24N2O4/c1-18(32-26(31)24(27-19(2)29)17-20-11-5-3-6-12-20)25(30)28-23-16-10-9-15-22(23)21-13-7-4-8-14-21/h3-18H,1-2H3,(H,27,29)(H,28,30)/b24-17-/t18-/m1/s1. The van der Waals surface area contributed by atoms with Crippen LogP contribution in [0.25, 0.3) is 17.2 Å². The van der Waals surface area contributed by atoms with Crippen LogP contribution in [-0.2, 0) is 19.1 Å². The van der Waals surface area contributed by atoms with Crippen molar-refractivity contribution in [3.05, 3.63) is 96.2 Å². The fourth-order valence-corrected chi connectivity index (χ4v) is 3.03. The molecule has 6 nitrogen and oxygen atoms in total. The zero-order valence-corrected chi connectivity index (χ0v) is 17.9. The molecule has 162 valence electrons. The van der Waals surface area contributed by atoms with E-state index in [9.17, 15) is 14.4 Å². The van der Waals surface area contributed by atoms with Crippen molar-refractivity contribution in [2.45, 2.75) is 20.0 Å². The number of nitrogens with one attached hydrogen (secondary N) is 2. The van der Waals surface area contributed by atoms with Crippen LogP contribution in [0, 0.1) is 0 Å². The number of esters is 1. The van der Waals surface area contributed by atoms with Crippen molar-refractivity contribution in [1.29, 1.82) is 0 Å². The number of benzene rings is 3. The minimum absolute atomic E-state index is 0.0481. The molecule has 0 aliphatic carbocycles. The van der Waals surface area contributed by atoms with E-state index in [-0.39, 0.29) is 5.70 Å². The first-order valence-corrected chi connectivity index (χ1v) is 10.1. The molecular formula is C26H24N2O4. The molecule has 3 aromatic carbocycles. The summed E-state index contributed by atoms with van der Waals surface area (Å²) >= 11 is 0. The highest BCUT2D eigenvalue weighted by Crippen LogP contribution is 2.27. The van der Waals surface area contributed by atoms with Gasteiger partial charge in [0, 0.05) is 18.2 Å². The molecule has 0 unspecified atom stereocenters. The first-order valence-electron chi connectivity index (χ1n) is 10.1. The summed E-state index contributed by atoms with van der Waals surface area (Å²) in [7, 11) is 0. The fourth-order valence-electron chi connectivity index (χ4n) is 3.03. The molecule has 3 rings (SSSR count). The monoisotopic (exact) mass is 428 g/mol. The normalized spacial score (nSPS) is 11.9. The van der Waals surface area contributed by atoms with Gasteiger partial charge in [-0.3, -0.25) is 9.59 Å². The van der Waals surface area contributed by atoms with Gasteiger partial charge in [0.05, 0.1) is 0 Å². The van der Waals surface area contributed by atoms with Gasteiger partial charge in [-0.15, -0.1) is 0 Å². The molecule has 0 bridgehead atoms. The largest absolute Gasteiger partial charge is 0.448 e. The van der Waals surface area contributed by atoms with Gasteiger partial charge in [0.15, 0.2) is 6.10 Å². The van der Waals surface area contributed by atoms with Crippen LogP contribution in [0.15, 0.2) is 90.6 Å².